The molecule has 0 radical (unpaired) electrons. The molecule has 20 heavy (non-hydrogen) atoms. The van der Waals surface area contributed by atoms with Crippen molar-refractivity contribution in [2.75, 3.05) is 0 Å². The van der Waals surface area contributed by atoms with E-state index >= 15 is 0 Å². The van der Waals surface area contributed by atoms with Crippen molar-refractivity contribution in [1.82, 2.24) is 14.9 Å². The fourth-order valence-electron chi connectivity index (χ4n) is 2.77. The number of aryl methyl sites for hydroxylation is 1. The monoisotopic (exact) mass is 273 g/mol. The number of rotatable bonds is 5. The number of imidazole rings is 1. The molecule has 0 bridgehead atoms. The highest BCUT2D eigenvalue weighted by atomic mass is 19.1. The SMILES string of the molecule is Cn1ccnc1CN[C@H](c1ccc(F)cc1)C1CCC1. The molecule has 3 nitrogen and oxygen atoms in total. The smallest absolute Gasteiger partial charge is 0.123 e. The van der Waals surface area contributed by atoms with Crippen LogP contribution in [0.1, 0.15) is 36.7 Å². The lowest BCUT2D eigenvalue weighted by Gasteiger charge is -2.34. The second-order valence-corrected chi connectivity index (χ2v) is 5.56. The first-order chi connectivity index (χ1) is 9.74. The minimum atomic E-state index is -0.176. The molecule has 4 heteroatoms. The Balaban J connectivity index is 1.73. The van der Waals surface area contributed by atoms with Gasteiger partial charge in [0.1, 0.15) is 11.6 Å². The fourth-order valence-corrected chi connectivity index (χ4v) is 2.77. The summed E-state index contributed by atoms with van der Waals surface area (Å²) in [4.78, 5) is 4.34. The molecule has 1 aromatic heterocycles. The Labute approximate surface area is 118 Å². The molecule has 0 saturated heterocycles. The van der Waals surface area contributed by atoms with Gasteiger partial charge in [-0.3, -0.25) is 0 Å². The van der Waals surface area contributed by atoms with Crippen molar-refractivity contribution < 1.29 is 4.39 Å². The van der Waals surface area contributed by atoms with Gasteiger partial charge in [-0.15, -0.1) is 0 Å². The van der Waals surface area contributed by atoms with Crippen molar-refractivity contribution in [3.8, 4) is 0 Å². The lowest BCUT2D eigenvalue weighted by Crippen LogP contribution is -2.32. The number of benzene rings is 1. The fraction of sp³-hybridized carbons (Fsp3) is 0.438. The van der Waals surface area contributed by atoms with Gasteiger partial charge >= 0.3 is 0 Å². The summed E-state index contributed by atoms with van der Waals surface area (Å²) in [5, 5.41) is 3.59. The Morgan fingerprint density at radius 2 is 2.10 bits per heavy atom. The van der Waals surface area contributed by atoms with E-state index in [1.165, 1.54) is 24.8 Å². The molecule has 1 saturated carbocycles. The van der Waals surface area contributed by atoms with E-state index in [1.807, 2.05) is 36.1 Å². The summed E-state index contributed by atoms with van der Waals surface area (Å²) in [7, 11) is 2.00. The van der Waals surface area contributed by atoms with Gasteiger partial charge in [0, 0.05) is 25.5 Å². The van der Waals surface area contributed by atoms with Gasteiger partial charge in [0.25, 0.3) is 0 Å². The Bertz CT molecular complexity index is 557. The summed E-state index contributed by atoms with van der Waals surface area (Å²) >= 11 is 0. The Morgan fingerprint density at radius 3 is 2.65 bits per heavy atom. The second-order valence-electron chi connectivity index (χ2n) is 5.56. The second kappa shape index (κ2) is 5.75. The number of nitrogens with one attached hydrogen (secondary N) is 1. The lowest BCUT2D eigenvalue weighted by molar-refractivity contribution is 0.228. The minimum absolute atomic E-state index is 0.176. The summed E-state index contributed by atoms with van der Waals surface area (Å²) in [6.45, 7) is 0.738. The van der Waals surface area contributed by atoms with Crippen LogP contribution in [0.2, 0.25) is 0 Å². The van der Waals surface area contributed by atoms with Gasteiger partial charge in [0.2, 0.25) is 0 Å². The van der Waals surface area contributed by atoms with Gasteiger partial charge in [-0.25, -0.2) is 9.37 Å². The molecule has 1 aliphatic rings. The van der Waals surface area contributed by atoms with Crippen LogP contribution in [0.4, 0.5) is 4.39 Å². The predicted octanol–water partition coefficient (Wildman–Crippen LogP) is 3.19. The minimum Gasteiger partial charge on any atom is -0.337 e. The average molecular weight is 273 g/mol. The summed E-state index contributed by atoms with van der Waals surface area (Å²) < 4.78 is 15.1. The Hall–Kier alpha value is -1.68. The molecule has 106 valence electrons. The molecule has 0 unspecified atom stereocenters. The van der Waals surface area contributed by atoms with E-state index in [-0.39, 0.29) is 5.82 Å². The van der Waals surface area contributed by atoms with E-state index in [4.69, 9.17) is 0 Å². The summed E-state index contributed by atoms with van der Waals surface area (Å²) in [5.41, 5.74) is 1.17. The number of halogens is 1. The first kappa shape index (κ1) is 13.3. The molecule has 0 amide bonds. The molecule has 1 N–H and O–H groups in total. The highest BCUT2D eigenvalue weighted by molar-refractivity contribution is 5.21. The number of nitrogens with zero attached hydrogens (tertiary/aromatic N) is 2. The molecular formula is C16H20FN3. The van der Waals surface area contributed by atoms with Crippen LogP contribution < -0.4 is 5.32 Å². The number of aromatic nitrogens is 2. The van der Waals surface area contributed by atoms with Crippen molar-refractivity contribution >= 4 is 0 Å². The van der Waals surface area contributed by atoms with Crippen LogP contribution in [-0.2, 0) is 13.6 Å². The molecular weight excluding hydrogens is 253 g/mol. The highest BCUT2D eigenvalue weighted by Crippen LogP contribution is 2.37. The van der Waals surface area contributed by atoms with Crippen molar-refractivity contribution in [1.29, 1.82) is 0 Å². The quantitative estimate of drug-likeness (QED) is 0.906. The van der Waals surface area contributed by atoms with Crippen LogP contribution in [-0.4, -0.2) is 9.55 Å². The van der Waals surface area contributed by atoms with Crippen LogP contribution >= 0.6 is 0 Å². The van der Waals surface area contributed by atoms with Crippen molar-refractivity contribution in [3.05, 3.63) is 53.9 Å². The maximum atomic E-state index is 13.1. The molecule has 1 heterocycles. The van der Waals surface area contributed by atoms with Crippen LogP contribution in [0.5, 0.6) is 0 Å². The molecule has 2 aromatic rings. The maximum Gasteiger partial charge on any atom is 0.123 e. The van der Waals surface area contributed by atoms with Gasteiger partial charge in [0.15, 0.2) is 0 Å². The first-order valence-corrected chi connectivity index (χ1v) is 7.19. The summed E-state index contributed by atoms with van der Waals surface area (Å²) in [5.74, 6) is 1.50. The van der Waals surface area contributed by atoms with E-state index in [0.717, 1.165) is 12.4 Å². The molecule has 0 spiro atoms. The lowest BCUT2D eigenvalue weighted by atomic mass is 9.77. The zero-order valence-corrected chi connectivity index (χ0v) is 11.7. The first-order valence-electron chi connectivity index (χ1n) is 7.19. The van der Waals surface area contributed by atoms with Gasteiger partial charge in [-0.1, -0.05) is 18.6 Å². The maximum absolute atomic E-state index is 13.1. The van der Waals surface area contributed by atoms with Gasteiger partial charge in [0.05, 0.1) is 6.54 Å². The molecule has 1 fully saturated rings. The van der Waals surface area contributed by atoms with E-state index in [1.54, 1.807) is 12.1 Å². The summed E-state index contributed by atoms with van der Waals surface area (Å²) in [6.07, 6.45) is 7.55. The largest absolute Gasteiger partial charge is 0.337 e. The third-order valence-corrected chi connectivity index (χ3v) is 4.25. The average Bonchev–Trinajstić information content (AvgIpc) is 2.79. The zero-order valence-electron chi connectivity index (χ0n) is 11.7. The molecule has 1 aliphatic carbocycles. The molecule has 3 rings (SSSR count). The number of hydrogen-bond donors (Lipinski definition) is 1. The molecule has 0 aliphatic heterocycles. The normalized spacial score (nSPS) is 16.9. The van der Waals surface area contributed by atoms with Crippen molar-refractivity contribution in [3.63, 3.8) is 0 Å². The molecule has 1 atom stereocenters. The van der Waals surface area contributed by atoms with Gasteiger partial charge < -0.3 is 9.88 Å². The van der Waals surface area contributed by atoms with Crippen LogP contribution in [0.15, 0.2) is 36.7 Å². The van der Waals surface area contributed by atoms with E-state index in [2.05, 4.69) is 10.3 Å². The van der Waals surface area contributed by atoms with E-state index in [9.17, 15) is 4.39 Å². The van der Waals surface area contributed by atoms with E-state index < -0.39 is 0 Å². The summed E-state index contributed by atoms with van der Waals surface area (Å²) in [6, 6.07) is 7.17. The van der Waals surface area contributed by atoms with Gasteiger partial charge in [-0.05, 0) is 36.5 Å². The zero-order chi connectivity index (χ0) is 13.9. The molecule has 1 aromatic carbocycles. The topological polar surface area (TPSA) is 29.9 Å². The Morgan fingerprint density at radius 1 is 1.35 bits per heavy atom. The third-order valence-electron chi connectivity index (χ3n) is 4.25. The van der Waals surface area contributed by atoms with Crippen molar-refractivity contribution in [2.45, 2.75) is 31.8 Å². The Kier molecular flexibility index (Phi) is 3.83. The number of hydrogen-bond acceptors (Lipinski definition) is 2. The highest BCUT2D eigenvalue weighted by Gasteiger charge is 2.28. The third kappa shape index (κ3) is 2.75. The van der Waals surface area contributed by atoms with Crippen LogP contribution in [0.3, 0.4) is 0 Å². The van der Waals surface area contributed by atoms with Crippen molar-refractivity contribution in [2.24, 2.45) is 13.0 Å². The standard InChI is InChI=1S/C16H20FN3/c1-20-10-9-18-15(20)11-19-16(12-3-2-4-12)13-5-7-14(17)8-6-13/h5-10,12,16,19H,2-4,11H2,1H3/t16-/m0/s1. The van der Waals surface area contributed by atoms with Crippen LogP contribution in [0.25, 0.3) is 0 Å². The van der Waals surface area contributed by atoms with Crippen LogP contribution in [0, 0.1) is 11.7 Å². The van der Waals surface area contributed by atoms with Gasteiger partial charge in [-0.2, -0.15) is 0 Å². The van der Waals surface area contributed by atoms with E-state index in [0.29, 0.717) is 12.0 Å². The predicted molar refractivity (Wildman–Crippen MR) is 76.5 cm³/mol.